The van der Waals surface area contributed by atoms with Crippen LogP contribution in [0.4, 0.5) is 5.69 Å². The van der Waals surface area contributed by atoms with Crippen molar-refractivity contribution in [2.24, 2.45) is 0 Å². The summed E-state index contributed by atoms with van der Waals surface area (Å²) in [5.41, 5.74) is 1.26. The second-order valence-electron chi connectivity index (χ2n) is 4.23. The normalized spacial score (nSPS) is 10.7. The molecule has 0 unspecified atom stereocenters. The molecule has 1 amide bonds. The molecule has 0 fully saturated rings. The lowest BCUT2D eigenvalue weighted by atomic mass is 10.1. The molecule has 0 heterocycles. The monoisotopic (exact) mass is 299 g/mol. The summed E-state index contributed by atoms with van der Waals surface area (Å²) in [6.07, 6.45) is -0.106. The third-order valence-electron chi connectivity index (χ3n) is 2.90. The molecule has 0 saturated heterocycles. The second kappa shape index (κ2) is 7.99. The fourth-order valence-corrected chi connectivity index (χ4v) is 1.80. The predicted molar refractivity (Wildman–Crippen MR) is 76.9 cm³/mol. The molecule has 5 nitrogen and oxygen atoms in total. The Balaban J connectivity index is 2.58. The molecule has 1 aromatic rings. The van der Waals surface area contributed by atoms with Gasteiger partial charge in [0.15, 0.2) is 6.29 Å². The molecule has 0 spiro atoms. The van der Waals surface area contributed by atoms with Crippen LogP contribution in [0.5, 0.6) is 0 Å². The van der Waals surface area contributed by atoms with Gasteiger partial charge in [0.1, 0.15) is 0 Å². The molecule has 0 saturated carbocycles. The number of benzene rings is 1. The molecule has 0 aliphatic rings. The van der Waals surface area contributed by atoms with Crippen LogP contribution in [0.2, 0.25) is 5.02 Å². The number of ketones is 1. The number of nitrogens with one attached hydrogen (secondary N) is 1. The Morgan fingerprint density at radius 3 is 2.55 bits per heavy atom. The number of ether oxygens (including phenoxy) is 2. The minimum absolute atomic E-state index is 0.0534. The highest BCUT2D eigenvalue weighted by atomic mass is 35.5. The highest BCUT2D eigenvalue weighted by molar-refractivity contribution is 6.40. The number of carbonyl (C=O) groups excluding carboxylic acids is 2. The number of methoxy groups -OCH3 is 2. The third-order valence-corrected chi connectivity index (χ3v) is 3.31. The van der Waals surface area contributed by atoms with Gasteiger partial charge in [0, 0.05) is 37.8 Å². The highest BCUT2D eigenvalue weighted by Crippen LogP contribution is 2.22. The molecule has 1 N–H and O–H groups in total. The van der Waals surface area contributed by atoms with Crippen LogP contribution in [0.15, 0.2) is 18.2 Å². The first-order valence-corrected chi connectivity index (χ1v) is 6.52. The molecule has 0 aromatic heterocycles. The maximum atomic E-state index is 11.8. The molecule has 1 rings (SSSR count). The van der Waals surface area contributed by atoms with Gasteiger partial charge in [0.05, 0.1) is 0 Å². The lowest BCUT2D eigenvalue weighted by molar-refractivity contribution is -0.138. The van der Waals surface area contributed by atoms with E-state index in [1.54, 1.807) is 25.1 Å². The Morgan fingerprint density at radius 2 is 1.95 bits per heavy atom. The van der Waals surface area contributed by atoms with E-state index in [9.17, 15) is 9.59 Å². The van der Waals surface area contributed by atoms with Gasteiger partial charge >= 0.3 is 0 Å². The van der Waals surface area contributed by atoms with Gasteiger partial charge in [-0.3, -0.25) is 9.59 Å². The van der Waals surface area contributed by atoms with Crippen molar-refractivity contribution in [3.05, 3.63) is 28.8 Å². The van der Waals surface area contributed by atoms with Crippen molar-refractivity contribution in [3.63, 3.8) is 0 Å². The molecule has 0 aliphatic carbocycles. The molecule has 0 radical (unpaired) electrons. The summed E-state index contributed by atoms with van der Waals surface area (Å²) in [6, 6.07) is 5.12. The zero-order valence-corrected chi connectivity index (χ0v) is 12.5. The number of hydrogen-bond donors (Lipinski definition) is 1. The molecule has 110 valence electrons. The first-order valence-electron chi connectivity index (χ1n) is 6.14. The predicted octanol–water partition coefficient (Wildman–Crippen LogP) is 2.56. The van der Waals surface area contributed by atoms with E-state index in [4.69, 9.17) is 21.1 Å². The Kier molecular flexibility index (Phi) is 6.64. The number of carbonyl (C=O) groups is 2. The number of hydrogen-bond acceptors (Lipinski definition) is 4. The summed E-state index contributed by atoms with van der Waals surface area (Å²) in [6.45, 7) is 1.77. The van der Waals surface area contributed by atoms with Crippen molar-refractivity contribution in [1.82, 2.24) is 0 Å². The van der Waals surface area contributed by atoms with Crippen molar-refractivity contribution in [3.8, 4) is 0 Å². The van der Waals surface area contributed by atoms with Crippen LogP contribution in [0, 0.1) is 6.92 Å². The second-order valence-corrected chi connectivity index (χ2v) is 4.64. The average molecular weight is 300 g/mol. The number of amides is 1. The minimum Gasteiger partial charge on any atom is -0.356 e. The van der Waals surface area contributed by atoms with Gasteiger partial charge in [0.25, 0.3) is 5.91 Å². The molecule has 6 heteroatoms. The zero-order chi connectivity index (χ0) is 15.1. The van der Waals surface area contributed by atoms with Gasteiger partial charge < -0.3 is 14.8 Å². The quantitative estimate of drug-likeness (QED) is 0.621. The van der Waals surface area contributed by atoms with E-state index in [2.05, 4.69) is 5.32 Å². The topological polar surface area (TPSA) is 64.6 Å². The van der Waals surface area contributed by atoms with E-state index in [1.807, 2.05) is 0 Å². The maximum Gasteiger partial charge on any atom is 0.291 e. The van der Waals surface area contributed by atoms with Crippen LogP contribution in [0.25, 0.3) is 0 Å². The molecule has 0 atom stereocenters. The summed E-state index contributed by atoms with van der Waals surface area (Å²) in [4.78, 5) is 23.5. The smallest absolute Gasteiger partial charge is 0.291 e. The fourth-order valence-electron chi connectivity index (χ4n) is 1.63. The Hall–Kier alpha value is -1.43. The lowest BCUT2D eigenvalue weighted by Gasteiger charge is -2.12. The molecular weight excluding hydrogens is 282 g/mol. The summed E-state index contributed by atoms with van der Waals surface area (Å²) in [7, 11) is 2.96. The van der Waals surface area contributed by atoms with Crippen LogP contribution in [0.1, 0.15) is 18.4 Å². The van der Waals surface area contributed by atoms with Gasteiger partial charge in [0.2, 0.25) is 5.78 Å². The summed E-state index contributed by atoms with van der Waals surface area (Å²) < 4.78 is 9.92. The van der Waals surface area contributed by atoms with Gasteiger partial charge in [-0.15, -0.1) is 0 Å². The minimum atomic E-state index is -0.665. The van der Waals surface area contributed by atoms with Crippen LogP contribution in [-0.2, 0) is 19.1 Å². The zero-order valence-electron chi connectivity index (χ0n) is 11.7. The number of Topliss-reactive ketones (excluding diaryl/α,β-unsaturated/α-hetero) is 1. The van der Waals surface area contributed by atoms with E-state index < -0.39 is 18.0 Å². The van der Waals surface area contributed by atoms with Gasteiger partial charge in [-0.1, -0.05) is 17.7 Å². The van der Waals surface area contributed by atoms with Crippen LogP contribution >= 0.6 is 11.6 Å². The van der Waals surface area contributed by atoms with E-state index >= 15 is 0 Å². The van der Waals surface area contributed by atoms with Crippen molar-refractivity contribution in [2.75, 3.05) is 19.5 Å². The first kappa shape index (κ1) is 16.6. The largest absolute Gasteiger partial charge is 0.356 e. The Labute approximate surface area is 123 Å². The van der Waals surface area contributed by atoms with Crippen molar-refractivity contribution >= 4 is 29.0 Å². The summed E-state index contributed by atoms with van der Waals surface area (Å²) >= 11 is 5.95. The summed E-state index contributed by atoms with van der Waals surface area (Å²) in [5, 5.41) is 3.09. The standard InChI is InChI=1S/C14H18ClNO4/c1-9-10(15)5-4-6-11(9)16-14(18)12(17)7-8-13(19-2)20-3/h4-6,13H,7-8H2,1-3H3,(H,16,18). The van der Waals surface area contributed by atoms with Gasteiger partial charge in [-0.25, -0.2) is 0 Å². The lowest BCUT2D eigenvalue weighted by Crippen LogP contribution is -2.25. The number of anilines is 1. The molecule has 0 bridgehead atoms. The number of halogens is 1. The molecule has 1 aromatic carbocycles. The van der Waals surface area contributed by atoms with E-state index in [0.717, 1.165) is 5.56 Å². The van der Waals surface area contributed by atoms with E-state index in [1.165, 1.54) is 14.2 Å². The maximum absolute atomic E-state index is 11.8. The van der Waals surface area contributed by atoms with E-state index in [-0.39, 0.29) is 6.42 Å². The van der Waals surface area contributed by atoms with E-state index in [0.29, 0.717) is 17.1 Å². The summed E-state index contributed by atoms with van der Waals surface area (Å²) in [5.74, 6) is -1.19. The third kappa shape index (κ3) is 4.59. The van der Waals surface area contributed by atoms with Crippen molar-refractivity contribution in [1.29, 1.82) is 0 Å². The van der Waals surface area contributed by atoms with Crippen LogP contribution < -0.4 is 5.32 Å². The molecular formula is C14H18ClNO4. The Bertz CT molecular complexity index is 486. The van der Waals surface area contributed by atoms with Crippen LogP contribution in [-0.4, -0.2) is 32.2 Å². The molecule has 20 heavy (non-hydrogen) atoms. The van der Waals surface area contributed by atoms with Gasteiger partial charge in [-0.05, 0) is 24.6 Å². The highest BCUT2D eigenvalue weighted by Gasteiger charge is 2.17. The van der Waals surface area contributed by atoms with Crippen molar-refractivity contribution in [2.45, 2.75) is 26.1 Å². The Morgan fingerprint density at radius 1 is 1.30 bits per heavy atom. The molecule has 0 aliphatic heterocycles. The fraction of sp³-hybridized carbons (Fsp3) is 0.429. The van der Waals surface area contributed by atoms with Crippen molar-refractivity contribution < 1.29 is 19.1 Å². The SMILES string of the molecule is COC(CCC(=O)C(=O)Nc1cccc(Cl)c1C)OC. The average Bonchev–Trinajstić information content (AvgIpc) is 2.44. The van der Waals surface area contributed by atoms with Gasteiger partial charge in [-0.2, -0.15) is 0 Å². The number of rotatable bonds is 7. The first-order chi connectivity index (χ1) is 9.49. The van der Waals surface area contributed by atoms with Crippen LogP contribution in [0.3, 0.4) is 0 Å².